The van der Waals surface area contributed by atoms with E-state index in [1.165, 1.54) is 30.9 Å². The second-order valence-corrected chi connectivity index (χ2v) is 8.95. The number of hydrogen-bond acceptors (Lipinski definition) is 6. The lowest BCUT2D eigenvalue weighted by molar-refractivity contribution is -0.165. The van der Waals surface area contributed by atoms with Crippen molar-refractivity contribution in [2.45, 2.75) is 38.0 Å². The molecule has 8 heteroatoms. The van der Waals surface area contributed by atoms with Crippen LogP contribution in [0.15, 0.2) is 47.4 Å². The molecule has 0 saturated heterocycles. The zero-order chi connectivity index (χ0) is 23.2. The number of carbonyl (C=O) groups excluding carboxylic acids is 3. The van der Waals surface area contributed by atoms with Crippen molar-refractivity contribution >= 4 is 35.2 Å². The van der Waals surface area contributed by atoms with Crippen LogP contribution in [0.25, 0.3) is 0 Å². The minimum atomic E-state index is -0.410. The lowest BCUT2D eigenvalue weighted by atomic mass is 9.85. The summed E-state index contributed by atoms with van der Waals surface area (Å²) in [6.45, 7) is 7.30. The third kappa shape index (κ3) is 7.11. The Hall–Kier alpha value is -2.84. The van der Waals surface area contributed by atoms with Crippen molar-refractivity contribution < 1.29 is 24.0 Å². The van der Waals surface area contributed by atoms with Crippen LogP contribution in [-0.2, 0) is 19.8 Å². The van der Waals surface area contributed by atoms with Crippen LogP contribution in [0.2, 0.25) is 0 Å². The molecule has 0 radical (unpaired) electrons. The molecule has 2 amide bonds. The van der Waals surface area contributed by atoms with Crippen molar-refractivity contribution in [1.82, 2.24) is 5.06 Å². The predicted molar refractivity (Wildman–Crippen MR) is 121 cm³/mol. The second-order valence-electron chi connectivity index (χ2n) is 7.90. The number of thioether (sulfide) groups is 1. The van der Waals surface area contributed by atoms with E-state index >= 15 is 0 Å². The number of hydrogen-bond donors (Lipinski definition) is 1. The highest BCUT2D eigenvalue weighted by Crippen LogP contribution is 2.32. The van der Waals surface area contributed by atoms with Crippen LogP contribution in [0.3, 0.4) is 0 Å². The summed E-state index contributed by atoms with van der Waals surface area (Å²) < 4.78 is 5.30. The highest BCUT2D eigenvalue weighted by molar-refractivity contribution is 8.00. The molecule has 166 valence electrons. The van der Waals surface area contributed by atoms with E-state index in [0.29, 0.717) is 17.0 Å². The molecule has 0 aliphatic rings. The van der Waals surface area contributed by atoms with E-state index < -0.39 is 5.97 Å². The number of benzene rings is 2. The molecular formula is C23H28N2O5S. The van der Waals surface area contributed by atoms with Crippen LogP contribution in [0, 0.1) is 0 Å². The van der Waals surface area contributed by atoms with Crippen LogP contribution >= 0.6 is 11.8 Å². The maximum Gasteiger partial charge on any atom is 0.308 e. The summed E-state index contributed by atoms with van der Waals surface area (Å²) >= 11 is 1.35. The molecule has 2 aromatic rings. The van der Waals surface area contributed by atoms with Crippen molar-refractivity contribution in [1.29, 1.82) is 0 Å². The van der Waals surface area contributed by atoms with Crippen molar-refractivity contribution in [3.63, 3.8) is 0 Å². The Kier molecular flexibility index (Phi) is 8.24. The van der Waals surface area contributed by atoms with Gasteiger partial charge in [0.2, 0.25) is 0 Å². The Balaban J connectivity index is 2.16. The summed E-state index contributed by atoms with van der Waals surface area (Å²) in [7, 11) is 2.99. The SMILES string of the molecule is CON(C)C(=O)CSc1cccc(NC(=O)c2ccc(OC(C)=O)c(C(C)(C)C)c2)c1. The zero-order valence-electron chi connectivity index (χ0n) is 18.6. The fraction of sp³-hybridized carbons (Fsp3) is 0.348. The minimum absolute atomic E-state index is 0.162. The molecule has 2 aromatic carbocycles. The maximum atomic E-state index is 12.8. The normalized spacial score (nSPS) is 11.0. The maximum absolute atomic E-state index is 12.8. The molecule has 0 unspecified atom stereocenters. The smallest absolute Gasteiger partial charge is 0.308 e. The Morgan fingerprint density at radius 3 is 2.42 bits per heavy atom. The van der Waals surface area contributed by atoms with Gasteiger partial charge in [0.25, 0.3) is 11.8 Å². The summed E-state index contributed by atoms with van der Waals surface area (Å²) in [5, 5.41) is 4.05. The number of esters is 1. The molecule has 0 fully saturated rings. The zero-order valence-corrected chi connectivity index (χ0v) is 19.5. The number of nitrogens with one attached hydrogen (secondary N) is 1. The monoisotopic (exact) mass is 444 g/mol. The van der Waals surface area contributed by atoms with Gasteiger partial charge in [-0.3, -0.25) is 19.2 Å². The van der Waals surface area contributed by atoms with E-state index in [0.717, 1.165) is 10.5 Å². The van der Waals surface area contributed by atoms with E-state index in [1.54, 1.807) is 37.4 Å². The standard InChI is InChI=1S/C23H28N2O5S/c1-15(26)30-20-11-10-16(12-19(20)23(2,3)4)22(28)24-17-8-7-9-18(13-17)31-14-21(27)25(5)29-6/h7-13H,14H2,1-6H3,(H,24,28). The van der Waals surface area contributed by atoms with Crippen LogP contribution in [0.1, 0.15) is 43.6 Å². The third-order valence-electron chi connectivity index (χ3n) is 4.38. The van der Waals surface area contributed by atoms with E-state index in [-0.39, 0.29) is 23.0 Å². The molecule has 31 heavy (non-hydrogen) atoms. The Bertz CT molecular complexity index is 969. The number of carbonyl (C=O) groups is 3. The van der Waals surface area contributed by atoms with Gasteiger partial charge >= 0.3 is 5.97 Å². The Labute approximate surface area is 187 Å². The van der Waals surface area contributed by atoms with Crippen molar-refractivity contribution in [3.8, 4) is 5.75 Å². The first-order valence-electron chi connectivity index (χ1n) is 9.69. The highest BCUT2D eigenvalue weighted by Gasteiger charge is 2.22. The highest BCUT2D eigenvalue weighted by atomic mass is 32.2. The lowest BCUT2D eigenvalue weighted by Gasteiger charge is -2.22. The molecule has 2 rings (SSSR count). The quantitative estimate of drug-likeness (QED) is 0.297. The number of rotatable bonds is 7. The molecule has 0 aliphatic carbocycles. The van der Waals surface area contributed by atoms with Crippen LogP contribution in [0.4, 0.5) is 5.69 Å². The molecular weight excluding hydrogens is 416 g/mol. The molecule has 0 bridgehead atoms. The van der Waals surface area contributed by atoms with E-state index in [9.17, 15) is 14.4 Å². The van der Waals surface area contributed by atoms with Gasteiger partial charge in [-0.15, -0.1) is 11.8 Å². The first-order chi connectivity index (χ1) is 14.5. The van der Waals surface area contributed by atoms with Crippen molar-refractivity contribution in [2.24, 2.45) is 0 Å². The summed E-state index contributed by atoms with van der Waals surface area (Å²) in [6, 6.07) is 12.3. The largest absolute Gasteiger partial charge is 0.426 e. The first-order valence-corrected chi connectivity index (χ1v) is 10.7. The summed E-state index contributed by atoms with van der Waals surface area (Å²) in [5.74, 6) is -0.191. The number of ether oxygens (including phenoxy) is 1. The molecule has 0 heterocycles. The van der Waals surface area contributed by atoms with E-state index in [1.807, 2.05) is 32.9 Å². The number of amides is 2. The summed E-state index contributed by atoms with van der Waals surface area (Å²) in [5.41, 5.74) is 1.51. The third-order valence-corrected chi connectivity index (χ3v) is 5.36. The fourth-order valence-corrected chi connectivity index (χ4v) is 3.56. The average Bonchev–Trinajstić information content (AvgIpc) is 2.70. The van der Waals surface area contributed by atoms with Gasteiger partial charge in [0.1, 0.15) is 5.75 Å². The van der Waals surface area contributed by atoms with Crippen LogP contribution in [-0.4, -0.2) is 42.8 Å². The van der Waals surface area contributed by atoms with Gasteiger partial charge in [0.05, 0.1) is 12.9 Å². The first kappa shape index (κ1) is 24.4. The number of anilines is 1. The Morgan fingerprint density at radius 1 is 1.10 bits per heavy atom. The fourth-order valence-electron chi connectivity index (χ4n) is 2.71. The van der Waals surface area contributed by atoms with Gasteiger partial charge in [0, 0.05) is 35.7 Å². The van der Waals surface area contributed by atoms with Crippen LogP contribution < -0.4 is 10.1 Å². The van der Waals surface area contributed by atoms with Crippen LogP contribution in [0.5, 0.6) is 5.75 Å². The predicted octanol–water partition coefficient (Wildman–Crippen LogP) is 4.27. The molecule has 7 nitrogen and oxygen atoms in total. The molecule has 0 spiro atoms. The van der Waals surface area contributed by atoms with Crippen molar-refractivity contribution in [3.05, 3.63) is 53.6 Å². The molecule has 0 aromatic heterocycles. The lowest BCUT2D eigenvalue weighted by Crippen LogP contribution is -2.26. The van der Waals surface area contributed by atoms with Gasteiger partial charge in [-0.25, -0.2) is 5.06 Å². The topological polar surface area (TPSA) is 84.9 Å². The number of hydroxylamine groups is 2. The molecule has 0 saturated carbocycles. The van der Waals surface area contributed by atoms with Gasteiger partial charge in [-0.1, -0.05) is 26.8 Å². The number of nitrogens with zero attached hydrogens (tertiary/aromatic N) is 1. The van der Waals surface area contributed by atoms with Gasteiger partial charge in [-0.2, -0.15) is 0 Å². The molecule has 0 aliphatic heterocycles. The Morgan fingerprint density at radius 2 is 1.81 bits per heavy atom. The van der Waals surface area contributed by atoms with E-state index in [4.69, 9.17) is 9.57 Å². The minimum Gasteiger partial charge on any atom is -0.426 e. The van der Waals surface area contributed by atoms with E-state index in [2.05, 4.69) is 5.32 Å². The van der Waals surface area contributed by atoms with Gasteiger partial charge in [-0.05, 0) is 41.8 Å². The average molecular weight is 445 g/mol. The van der Waals surface area contributed by atoms with Gasteiger partial charge in [0.15, 0.2) is 0 Å². The molecule has 0 atom stereocenters. The summed E-state index contributed by atoms with van der Waals surface area (Å²) in [4.78, 5) is 41.8. The van der Waals surface area contributed by atoms with Crippen molar-refractivity contribution in [2.75, 3.05) is 25.2 Å². The second kappa shape index (κ2) is 10.5. The summed E-state index contributed by atoms with van der Waals surface area (Å²) in [6.07, 6.45) is 0. The molecule has 1 N–H and O–H groups in total. The van der Waals surface area contributed by atoms with Gasteiger partial charge < -0.3 is 10.1 Å².